The van der Waals surface area contributed by atoms with Gasteiger partial charge >= 0.3 is 0 Å². The number of hydrogen-bond donors (Lipinski definition) is 2. The van der Waals surface area contributed by atoms with E-state index >= 15 is 0 Å². The third-order valence-corrected chi connectivity index (χ3v) is 5.22. The van der Waals surface area contributed by atoms with Crippen molar-refractivity contribution in [2.45, 2.75) is 9.79 Å². The molecule has 0 bridgehead atoms. The molecule has 3 aromatic rings. The summed E-state index contributed by atoms with van der Waals surface area (Å²) in [4.78, 5) is 14.1. The van der Waals surface area contributed by atoms with Gasteiger partial charge in [-0.2, -0.15) is 4.98 Å². The lowest BCUT2D eigenvalue weighted by atomic mass is 10.3. The second-order valence-corrected chi connectivity index (χ2v) is 7.11. The number of halogens is 3. The molecule has 2 heterocycles. The highest BCUT2D eigenvalue weighted by atomic mass is 35.5. The summed E-state index contributed by atoms with van der Waals surface area (Å²) >= 11 is 20.3. The number of anilines is 3. The van der Waals surface area contributed by atoms with Crippen LogP contribution in [-0.2, 0) is 0 Å². The van der Waals surface area contributed by atoms with Gasteiger partial charge in [0.15, 0.2) is 0 Å². The van der Waals surface area contributed by atoms with E-state index in [1.54, 1.807) is 37.6 Å². The van der Waals surface area contributed by atoms with Crippen molar-refractivity contribution < 1.29 is 0 Å². The fourth-order valence-electron chi connectivity index (χ4n) is 2.00. The molecule has 128 valence electrons. The fraction of sp³-hybridized carbons (Fsp3) is 0.0625. The van der Waals surface area contributed by atoms with E-state index in [-0.39, 0.29) is 0 Å². The summed E-state index contributed by atoms with van der Waals surface area (Å²) in [6, 6.07) is 8.97. The van der Waals surface area contributed by atoms with Crippen LogP contribution < -0.4 is 10.6 Å². The number of pyridine rings is 1. The zero-order chi connectivity index (χ0) is 17.8. The molecule has 9 heteroatoms. The summed E-state index contributed by atoms with van der Waals surface area (Å²) < 4.78 is 0. The molecule has 0 radical (unpaired) electrons. The van der Waals surface area contributed by atoms with Crippen LogP contribution in [-0.4, -0.2) is 22.0 Å². The van der Waals surface area contributed by atoms with Gasteiger partial charge < -0.3 is 10.6 Å². The number of nitrogens with one attached hydrogen (secondary N) is 2. The number of hydrogen-bond acceptors (Lipinski definition) is 6. The predicted octanol–water partition coefficient (Wildman–Crippen LogP) is 5.77. The SMILES string of the molecule is CNc1nc(Cl)cc(Nc2cc(Cl)c(Sc3ccncc3)c(Cl)c2)n1. The Morgan fingerprint density at radius 1 is 0.960 bits per heavy atom. The summed E-state index contributed by atoms with van der Waals surface area (Å²) in [6.07, 6.45) is 3.44. The van der Waals surface area contributed by atoms with Crippen molar-refractivity contribution in [2.24, 2.45) is 0 Å². The Kier molecular flexibility index (Phi) is 5.86. The van der Waals surface area contributed by atoms with Crippen molar-refractivity contribution >= 4 is 64.0 Å². The smallest absolute Gasteiger partial charge is 0.225 e. The number of nitrogens with zero attached hydrogens (tertiary/aromatic N) is 3. The van der Waals surface area contributed by atoms with Crippen molar-refractivity contribution in [1.82, 2.24) is 15.0 Å². The van der Waals surface area contributed by atoms with Gasteiger partial charge in [0.05, 0.1) is 10.0 Å². The van der Waals surface area contributed by atoms with E-state index in [0.717, 1.165) is 9.79 Å². The number of rotatable bonds is 5. The molecule has 0 unspecified atom stereocenters. The third-order valence-electron chi connectivity index (χ3n) is 3.06. The van der Waals surface area contributed by atoms with Crippen molar-refractivity contribution in [3.8, 4) is 0 Å². The number of aromatic nitrogens is 3. The molecular weight excluding hydrogens is 401 g/mol. The molecule has 0 aliphatic rings. The molecule has 0 amide bonds. The minimum atomic E-state index is 0.323. The summed E-state index contributed by atoms with van der Waals surface area (Å²) in [5, 5.41) is 7.36. The van der Waals surface area contributed by atoms with Crippen LogP contribution in [0.4, 0.5) is 17.5 Å². The molecule has 0 saturated carbocycles. The zero-order valence-corrected chi connectivity index (χ0v) is 16.0. The topological polar surface area (TPSA) is 62.7 Å². The van der Waals surface area contributed by atoms with Crippen LogP contribution in [0, 0.1) is 0 Å². The van der Waals surface area contributed by atoms with Crippen molar-refractivity contribution in [2.75, 3.05) is 17.7 Å². The maximum Gasteiger partial charge on any atom is 0.225 e. The third kappa shape index (κ3) is 4.67. The molecule has 3 rings (SSSR count). The highest BCUT2D eigenvalue weighted by molar-refractivity contribution is 7.99. The van der Waals surface area contributed by atoms with Crippen LogP contribution in [0.2, 0.25) is 15.2 Å². The minimum Gasteiger partial charge on any atom is -0.357 e. The maximum absolute atomic E-state index is 6.41. The molecule has 5 nitrogen and oxygen atoms in total. The first-order valence-electron chi connectivity index (χ1n) is 7.11. The molecule has 0 aliphatic carbocycles. The number of benzene rings is 1. The van der Waals surface area contributed by atoms with Crippen LogP contribution in [0.25, 0.3) is 0 Å². The summed E-state index contributed by atoms with van der Waals surface area (Å²) in [5.41, 5.74) is 0.700. The molecule has 2 aromatic heterocycles. The van der Waals surface area contributed by atoms with Gasteiger partial charge in [0.1, 0.15) is 11.0 Å². The molecule has 2 N–H and O–H groups in total. The van der Waals surface area contributed by atoms with Crippen molar-refractivity contribution in [3.63, 3.8) is 0 Å². The second-order valence-electron chi connectivity index (χ2n) is 4.83. The van der Waals surface area contributed by atoms with Gasteiger partial charge in [-0.1, -0.05) is 46.6 Å². The molecular formula is C16H12Cl3N5S. The minimum absolute atomic E-state index is 0.323. The van der Waals surface area contributed by atoms with E-state index in [1.165, 1.54) is 11.8 Å². The Balaban J connectivity index is 1.86. The first-order chi connectivity index (χ1) is 12.0. The lowest BCUT2D eigenvalue weighted by molar-refractivity contribution is 1.15. The fourth-order valence-corrected chi connectivity index (χ4v) is 3.70. The molecule has 0 atom stereocenters. The largest absolute Gasteiger partial charge is 0.357 e. The van der Waals surface area contributed by atoms with Crippen LogP contribution in [0.3, 0.4) is 0 Å². The molecule has 1 aromatic carbocycles. The van der Waals surface area contributed by atoms with Gasteiger partial charge in [0.2, 0.25) is 5.95 Å². The second kappa shape index (κ2) is 8.10. The van der Waals surface area contributed by atoms with E-state index in [0.29, 0.717) is 32.7 Å². The van der Waals surface area contributed by atoms with E-state index < -0.39 is 0 Å². The lowest BCUT2D eigenvalue weighted by Crippen LogP contribution is -2.01. The zero-order valence-electron chi connectivity index (χ0n) is 12.9. The van der Waals surface area contributed by atoms with Gasteiger partial charge in [-0.05, 0) is 24.3 Å². The molecule has 0 spiro atoms. The quantitative estimate of drug-likeness (QED) is 0.519. The van der Waals surface area contributed by atoms with E-state index in [4.69, 9.17) is 34.8 Å². The summed E-state index contributed by atoms with van der Waals surface area (Å²) in [6.45, 7) is 0. The summed E-state index contributed by atoms with van der Waals surface area (Å²) in [7, 11) is 1.72. The van der Waals surface area contributed by atoms with Crippen LogP contribution in [0.1, 0.15) is 0 Å². The highest BCUT2D eigenvalue weighted by Crippen LogP contribution is 2.40. The Hall–Kier alpha value is -1.73. The monoisotopic (exact) mass is 411 g/mol. The van der Waals surface area contributed by atoms with E-state index in [9.17, 15) is 0 Å². The Morgan fingerprint density at radius 2 is 1.64 bits per heavy atom. The Bertz CT molecular complexity index is 869. The van der Waals surface area contributed by atoms with Crippen molar-refractivity contribution in [1.29, 1.82) is 0 Å². The standard InChI is InChI=1S/C16H12Cl3N5S/c1-20-16-23-13(19)8-14(24-16)22-9-6-11(17)15(12(18)7-9)25-10-2-4-21-5-3-10/h2-8H,1H3,(H2,20,22,23,24). The van der Waals surface area contributed by atoms with Gasteiger partial charge in [-0.3, -0.25) is 4.98 Å². The maximum atomic E-state index is 6.41. The lowest BCUT2D eigenvalue weighted by Gasteiger charge is -2.12. The molecule has 25 heavy (non-hydrogen) atoms. The molecule has 0 fully saturated rings. The summed E-state index contributed by atoms with van der Waals surface area (Å²) in [5.74, 6) is 0.947. The van der Waals surface area contributed by atoms with Gasteiger partial charge in [0, 0.05) is 41.0 Å². The predicted molar refractivity (Wildman–Crippen MR) is 105 cm³/mol. The van der Waals surface area contributed by atoms with E-state index in [1.807, 2.05) is 12.1 Å². The van der Waals surface area contributed by atoms with Gasteiger partial charge in [-0.15, -0.1) is 0 Å². The first kappa shape index (κ1) is 18.1. The average Bonchev–Trinajstić information content (AvgIpc) is 2.58. The van der Waals surface area contributed by atoms with E-state index in [2.05, 4.69) is 25.6 Å². The first-order valence-corrected chi connectivity index (χ1v) is 9.06. The van der Waals surface area contributed by atoms with Crippen LogP contribution in [0.5, 0.6) is 0 Å². The van der Waals surface area contributed by atoms with Crippen molar-refractivity contribution in [3.05, 3.63) is 57.9 Å². The highest BCUT2D eigenvalue weighted by Gasteiger charge is 2.11. The van der Waals surface area contributed by atoms with Gasteiger partial charge in [-0.25, -0.2) is 4.98 Å². The Morgan fingerprint density at radius 3 is 2.28 bits per heavy atom. The molecule has 0 saturated heterocycles. The van der Waals surface area contributed by atoms with Gasteiger partial charge in [0.25, 0.3) is 0 Å². The van der Waals surface area contributed by atoms with Crippen LogP contribution >= 0.6 is 46.6 Å². The average molecular weight is 413 g/mol. The molecule has 0 aliphatic heterocycles. The Labute approximate surface area is 164 Å². The van der Waals surface area contributed by atoms with Crippen LogP contribution in [0.15, 0.2) is 52.5 Å². The normalized spacial score (nSPS) is 10.6.